The van der Waals surface area contributed by atoms with Crippen LogP contribution in [0.5, 0.6) is 0 Å². The van der Waals surface area contributed by atoms with Crippen molar-refractivity contribution < 1.29 is 5.11 Å². The summed E-state index contributed by atoms with van der Waals surface area (Å²) < 4.78 is 0. The fraction of sp³-hybridized carbons (Fsp3) is 0.842. The number of amidine groups is 1. The minimum atomic E-state index is -0.383. The number of nitrogens with zero attached hydrogens (tertiary/aromatic N) is 2. The third kappa shape index (κ3) is 8.57. The Kier molecular flexibility index (Phi) is 11.1. The minimum absolute atomic E-state index is 0.383. The Hall–Kier alpha value is -0.830. The Morgan fingerprint density at radius 3 is 2.36 bits per heavy atom. The van der Waals surface area contributed by atoms with E-state index in [1.807, 2.05) is 11.8 Å². The van der Waals surface area contributed by atoms with Crippen LogP contribution in [0.3, 0.4) is 0 Å². The van der Waals surface area contributed by atoms with Crippen molar-refractivity contribution >= 4 is 5.84 Å². The van der Waals surface area contributed by atoms with E-state index >= 15 is 0 Å². The van der Waals surface area contributed by atoms with Gasteiger partial charge in [-0.1, -0.05) is 57.6 Å². The van der Waals surface area contributed by atoms with Crippen molar-refractivity contribution in [3.63, 3.8) is 0 Å². The van der Waals surface area contributed by atoms with E-state index in [0.29, 0.717) is 0 Å². The first kappa shape index (κ1) is 19.2. The smallest absolute Gasteiger partial charge is 0.125 e. The third-order valence-electron chi connectivity index (χ3n) is 4.33. The summed E-state index contributed by atoms with van der Waals surface area (Å²) in [5, 5.41) is 9.65. The van der Waals surface area contributed by atoms with Gasteiger partial charge in [0.05, 0.1) is 6.54 Å². The van der Waals surface area contributed by atoms with Gasteiger partial charge in [0.1, 0.15) is 12.1 Å². The summed E-state index contributed by atoms with van der Waals surface area (Å²) >= 11 is 0. The van der Waals surface area contributed by atoms with Crippen molar-refractivity contribution in [1.29, 1.82) is 0 Å². The summed E-state index contributed by atoms with van der Waals surface area (Å²) in [5.74, 6) is 1.12. The second-order valence-electron chi connectivity index (χ2n) is 6.40. The number of aliphatic hydroxyl groups is 1. The van der Waals surface area contributed by atoms with E-state index in [0.717, 1.165) is 25.3 Å². The first-order valence-electron chi connectivity index (χ1n) is 9.38. The van der Waals surface area contributed by atoms with Gasteiger partial charge in [-0.05, 0) is 32.6 Å². The molecule has 1 heterocycles. The predicted molar refractivity (Wildman–Crippen MR) is 96.3 cm³/mol. The molecule has 0 aromatic rings. The highest BCUT2D eigenvalue weighted by Crippen LogP contribution is 2.14. The molecule has 0 bridgehead atoms. The fourth-order valence-corrected chi connectivity index (χ4v) is 2.94. The molecule has 0 radical (unpaired) electrons. The standard InChI is InChI=1S/C19H36N2O/c1-3-4-5-6-7-8-9-10-11-12-13-14-15-19-20-16-17-21(19)18(2)22/h6-7,18,22H,3-5,8-17H2,1-2H3/b7-6+. The van der Waals surface area contributed by atoms with Gasteiger partial charge in [-0.15, -0.1) is 0 Å². The summed E-state index contributed by atoms with van der Waals surface area (Å²) in [6.45, 7) is 5.82. The average molecular weight is 309 g/mol. The number of unbranched alkanes of at least 4 members (excludes halogenated alkanes) is 8. The molecular weight excluding hydrogens is 272 g/mol. The molecule has 3 heteroatoms. The van der Waals surface area contributed by atoms with Crippen LogP contribution in [0, 0.1) is 0 Å². The lowest BCUT2D eigenvalue weighted by Gasteiger charge is -2.23. The van der Waals surface area contributed by atoms with Gasteiger partial charge in [0.25, 0.3) is 0 Å². The van der Waals surface area contributed by atoms with E-state index in [1.54, 1.807) is 0 Å². The quantitative estimate of drug-likeness (QED) is 0.388. The van der Waals surface area contributed by atoms with Crippen molar-refractivity contribution in [3.05, 3.63) is 12.2 Å². The van der Waals surface area contributed by atoms with Gasteiger partial charge in [-0.3, -0.25) is 4.99 Å². The lowest BCUT2D eigenvalue weighted by atomic mass is 10.1. The van der Waals surface area contributed by atoms with Crippen molar-refractivity contribution in [3.8, 4) is 0 Å². The highest BCUT2D eigenvalue weighted by Gasteiger charge is 2.19. The van der Waals surface area contributed by atoms with Crippen LogP contribution in [-0.4, -0.2) is 35.2 Å². The molecule has 1 N–H and O–H groups in total. The third-order valence-corrected chi connectivity index (χ3v) is 4.33. The number of aliphatic hydroxyl groups excluding tert-OH is 1. The normalized spacial score (nSPS) is 16.5. The molecule has 1 atom stereocenters. The topological polar surface area (TPSA) is 35.8 Å². The summed E-state index contributed by atoms with van der Waals surface area (Å²) in [7, 11) is 0. The van der Waals surface area contributed by atoms with Crippen LogP contribution in [-0.2, 0) is 0 Å². The molecule has 1 rings (SSSR count). The second kappa shape index (κ2) is 12.7. The SMILES string of the molecule is CCCC/C=C/CCCCCCCCC1=NCCN1C(C)O. The van der Waals surface area contributed by atoms with Gasteiger partial charge in [0.15, 0.2) is 0 Å². The predicted octanol–water partition coefficient (Wildman–Crippen LogP) is 4.91. The Morgan fingerprint density at radius 2 is 1.68 bits per heavy atom. The number of allylic oxidation sites excluding steroid dienone is 2. The number of aliphatic imine (C=N–C) groups is 1. The molecule has 0 spiro atoms. The molecular formula is C19H36N2O. The van der Waals surface area contributed by atoms with E-state index in [4.69, 9.17) is 0 Å². The van der Waals surface area contributed by atoms with E-state index in [9.17, 15) is 5.11 Å². The summed E-state index contributed by atoms with van der Waals surface area (Å²) in [6, 6.07) is 0. The number of hydrogen-bond donors (Lipinski definition) is 1. The summed E-state index contributed by atoms with van der Waals surface area (Å²) in [4.78, 5) is 6.53. The molecule has 1 aliphatic heterocycles. The van der Waals surface area contributed by atoms with Crippen LogP contribution < -0.4 is 0 Å². The van der Waals surface area contributed by atoms with Crippen molar-refractivity contribution in [2.45, 2.75) is 90.7 Å². The molecule has 128 valence electrons. The fourth-order valence-electron chi connectivity index (χ4n) is 2.94. The maximum absolute atomic E-state index is 9.65. The maximum Gasteiger partial charge on any atom is 0.125 e. The molecule has 3 nitrogen and oxygen atoms in total. The monoisotopic (exact) mass is 308 g/mol. The Morgan fingerprint density at radius 1 is 1.05 bits per heavy atom. The number of rotatable bonds is 13. The van der Waals surface area contributed by atoms with Crippen LogP contribution in [0.4, 0.5) is 0 Å². The Balaban J connectivity index is 1.89. The summed E-state index contributed by atoms with van der Waals surface area (Å²) in [5.41, 5.74) is 0. The molecule has 0 saturated heterocycles. The molecule has 1 aliphatic rings. The Labute approximate surface area is 137 Å². The van der Waals surface area contributed by atoms with E-state index in [-0.39, 0.29) is 6.23 Å². The summed E-state index contributed by atoms with van der Waals surface area (Å²) in [6.07, 6.45) is 18.4. The second-order valence-corrected chi connectivity index (χ2v) is 6.40. The van der Waals surface area contributed by atoms with Crippen LogP contribution in [0.1, 0.15) is 84.5 Å². The molecule has 0 aromatic carbocycles. The highest BCUT2D eigenvalue weighted by atomic mass is 16.3. The van der Waals surface area contributed by atoms with Crippen LogP contribution in [0.25, 0.3) is 0 Å². The van der Waals surface area contributed by atoms with Crippen molar-refractivity contribution in [1.82, 2.24) is 4.90 Å². The molecule has 0 aromatic heterocycles. The van der Waals surface area contributed by atoms with E-state index in [2.05, 4.69) is 24.1 Å². The Bertz CT molecular complexity index is 323. The van der Waals surface area contributed by atoms with E-state index < -0.39 is 0 Å². The molecule has 1 unspecified atom stereocenters. The minimum Gasteiger partial charge on any atom is -0.374 e. The molecule has 22 heavy (non-hydrogen) atoms. The zero-order valence-electron chi connectivity index (χ0n) is 14.8. The highest BCUT2D eigenvalue weighted by molar-refractivity contribution is 5.83. The van der Waals surface area contributed by atoms with Crippen molar-refractivity contribution in [2.24, 2.45) is 4.99 Å². The van der Waals surface area contributed by atoms with Crippen LogP contribution in [0.2, 0.25) is 0 Å². The lowest BCUT2D eigenvalue weighted by molar-refractivity contribution is 0.0766. The van der Waals surface area contributed by atoms with Crippen LogP contribution in [0.15, 0.2) is 17.1 Å². The van der Waals surface area contributed by atoms with E-state index in [1.165, 1.54) is 64.2 Å². The first-order chi connectivity index (χ1) is 10.8. The van der Waals surface area contributed by atoms with Gasteiger partial charge < -0.3 is 10.0 Å². The van der Waals surface area contributed by atoms with Gasteiger partial charge in [0.2, 0.25) is 0 Å². The zero-order valence-corrected chi connectivity index (χ0v) is 14.8. The molecule has 0 aliphatic carbocycles. The first-order valence-corrected chi connectivity index (χ1v) is 9.38. The molecule has 0 fully saturated rings. The average Bonchev–Trinajstić information content (AvgIpc) is 2.97. The zero-order chi connectivity index (χ0) is 16.0. The van der Waals surface area contributed by atoms with Crippen molar-refractivity contribution in [2.75, 3.05) is 13.1 Å². The maximum atomic E-state index is 9.65. The lowest BCUT2D eigenvalue weighted by Crippen LogP contribution is -2.35. The van der Waals surface area contributed by atoms with Gasteiger partial charge in [-0.25, -0.2) is 0 Å². The molecule has 0 saturated carbocycles. The van der Waals surface area contributed by atoms with Gasteiger partial charge in [-0.2, -0.15) is 0 Å². The van der Waals surface area contributed by atoms with Gasteiger partial charge >= 0.3 is 0 Å². The van der Waals surface area contributed by atoms with Crippen LogP contribution >= 0.6 is 0 Å². The number of hydrogen-bond acceptors (Lipinski definition) is 3. The van der Waals surface area contributed by atoms with Gasteiger partial charge in [0, 0.05) is 13.0 Å². The molecule has 0 amide bonds. The largest absolute Gasteiger partial charge is 0.374 e.